The molecule has 1 heterocycles. The summed E-state index contributed by atoms with van der Waals surface area (Å²) in [5, 5.41) is 5.34. The predicted molar refractivity (Wildman–Crippen MR) is 80.8 cm³/mol. The molecule has 0 unspecified atom stereocenters. The van der Waals surface area contributed by atoms with Gasteiger partial charge in [-0.2, -0.15) is 13.2 Å². The van der Waals surface area contributed by atoms with Crippen molar-refractivity contribution in [2.75, 3.05) is 19.6 Å². The minimum Gasteiger partial charge on any atom is -0.356 e. The van der Waals surface area contributed by atoms with E-state index in [0.29, 0.717) is 19.5 Å². The molecule has 1 rings (SSSR count). The van der Waals surface area contributed by atoms with Gasteiger partial charge in [0.25, 0.3) is 0 Å². The van der Waals surface area contributed by atoms with Crippen molar-refractivity contribution >= 4 is 11.9 Å². The normalized spacial score (nSPS) is 20.7. The number of hydrogen-bond donors (Lipinski definition) is 2. The molecule has 0 aromatic carbocycles. The summed E-state index contributed by atoms with van der Waals surface area (Å²) in [5.41, 5.74) is -1.26. The summed E-state index contributed by atoms with van der Waals surface area (Å²) >= 11 is 0. The van der Waals surface area contributed by atoms with Gasteiger partial charge in [0.1, 0.15) is 0 Å². The van der Waals surface area contributed by atoms with E-state index in [9.17, 15) is 22.8 Å². The smallest absolute Gasteiger partial charge is 0.356 e. The Kier molecular flexibility index (Phi) is 6.30. The minimum atomic E-state index is -4.31. The minimum absolute atomic E-state index is 0.0648. The highest BCUT2D eigenvalue weighted by Crippen LogP contribution is 2.44. The lowest BCUT2D eigenvalue weighted by atomic mass is 9.88. The third-order valence-corrected chi connectivity index (χ3v) is 4.28. The fourth-order valence-electron chi connectivity index (χ4n) is 2.81. The zero-order valence-electron chi connectivity index (χ0n) is 14.1. The summed E-state index contributed by atoms with van der Waals surface area (Å²) in [6.45, 7) is 7.27. The fourth-order valence-corrected chi connectivity index (χ4v) is 2.81. The van der Waals surface area contributed by atoms with Gasteiger partial charge in [0.05, 0.1) is 11.5 Å². The molecule has 0 saturated carbocycles. The van der Waals surface area contributed by atoms with Gasteiger partial charge in [-0.25, -0.2) is 4.79 Å². The van der Waals surface area contributed by atoms with E-state index in [4.69, 9.17) is 0 Å². The SMILES string of the molecule is CC(C)C(=O)NCCCNC(=O)N1CC[C@@H](C(F)(F)F)C1(C)C. The maximum Gasteiger partial charge on any atom is 0.394 e. The van der Waals surface area contributed by atoms with Gasteiger partial charge in [-0.15, -0.1) is 0 Å². The second kappa shape index (κ2) is 7.40. The standard InChI is InChI=1S/C15H26F3N3O2/c1-10(2)12(22)19-7-5-8-20-13(23)21-9-6-11(14(21,3)4)15(16,17)18/h10-11H,5-9H2,1-4H3,(H,19,22)(H,20,23)/t11-/m1/s1. The molecule has 0 aliphatic carbocycles. The Morgan fingerprint density at radius 2 is 1.78 bits per heavy atom. The lowest BCUT2D eigenvalue weighted by Crippen LogP contribution is -2.53. The number of halogens is 3. The van der Waals surface area contributed by atoms with E-state index < -0.39 is 23.7 Å². The number of rotatable bonds is 5. The van der Waals surface area contributed by atoms with Gasteiger partial charge in [-0.05, 0) is 26.7 Å². The van der Waals surface area contributed by atoms with E-state index in [2.05, 4.69) is 10.6 Å². The Labute approximate surface area is 135 Å². The van der Waals surface area contributed by atoms with Crippen molar-refractivity contribution < 1.29 is 22.8 Å². The summed E-state index contributed by atoms with van der Waals surface area (Å²) < 4.78 is 39.0. The maximum atomic E-state index is 13.0. The number of nitrogens with one attached hydrogen (secondary N) is 2. The molecule has 134 valence electrons. The first-order valence-corrected chi connectivity index (χ1v) is 7.87. The van der Waals surface area contributed by atoms with Crippen LogP contribution in [0.25, 0.3) is 0 Å². The second-order valence-electron chi connectivity index (χ2n) is 6.72. The van der Waals surface area contributed by atoms with Crippen LogP contribution in [-0.4, -0.2) is 48.2 Å². The number of urea groups is 1. The molecule has 3 amide bonds. The van der Waals surface area contributed by atoms with E-state index in [1.165, 1.54) is 18.7 Å². The number of carbonyl (C=O) groups excluding carboxylic acids is 2. The predicted octanol–water partition coefficient (Wildman–Crippen LogP) is 2.52. The van der Waals surface area contributed by atoms with Crippen molar-refractivity contribution in [3.8, 4) is 0 Å². The Morgan fingerprint density at radius 1 is 1.22 bits per heavy atom. The lowest BCUT2D eigenvalue weighted by molar-refractivity contribution is -0.189. The summed E-state index contributed by atoms with van der Waals surface area (Å²) in [4.78, 5) is 24.7. The molecule has 1 aliphatic rings. The molecule has 1 aliphatic heterocycles. The van der Waals surface area contributed by atoms with Crippen LogP contribution < -0.4 is 10.6 Å². The third-order valence-electron chi connectivity index (χ3n) is 4.28. The van der Waals surface area contributed by atoms with Crippen LogP contribution in [-0.2, 0) is 4.79 Å². The summed E-state index contributed by atoms with van der Waals surface area (Å²) in [6.07, 6.45) is -3.85. The van der Waals surface area contributed by atoms with Crippen LogP contribution in [0.1, 0.15) is 40.5 Å². The number of nitrogens with zero attached hydrogens (tertiary/aromatic N) is 1. The Hall–Kier alpha value is -1.47. The maximum absolute atomic E-state index is 13.0. The van der Waals surface area contributed by atoms with Gasteiger partial charge >= 0.3 is 12.2 Å². The zero-order valence-corrected chi connectivity index (χ0v) is 14.1. The van der Waals surface area contributed by atoms with Gasteiger partial charge in [0, 0.05) is 25.6 Å². The van der Waals surface area contributed by atoms with Gasteiger partial charge in [0.15, 0.2) is 0 Å². The molecule has 0 radical (unpaired) electrons. The van der Waals surface area contributed by atoms with Crippen LogP contribution in [0.15, 0.2) is 0 Å². The van der Waals surface area contributed by atoms with Crippen LogP contribution >= 0.6 is 0 Å². The summed E-state index contributed by atoms with van der Waals surface area (Å²) in [6, 6.07) is -0.489. The molecule has 1 saturated heterocycles. The van der Waals surface area contributed by atoms with E-state index in [1.54, 1.807) is 13.8 Å². The molecule has 23 heavy (non-hydrogen) atoms. The largest absolute Gasteiger partial charge is 0.394 e. The van der Waals surface area contributed by atoms with E-state index in [0.717, 1.165) is 0 Å². The third kappa shape index (κ3) is 5.00. The molecule has 0 aromatic rings. The van der Waals surface area contributed by atoms with Gasteiger partial charge in [-0.1, -0.05) is 13.8 Å². The van der Waals surface area contributed by atoms with Crippen LogP contribution in [0, 0.1) is 11.8 Å². The first kappa shape index (κ1) is 19.6. The number of alkyl halides is 3. The quantitative estimate of drug-likeness (QED) is 0.757. The second-order valence-corrected chi connectivity index (χ2v) is 6.72. The van der Waals surface area contributed by atoms with E-state index in [-0.39, 0.29) is 24.8 Å². The Morgan fingerprint density at radius 3 is 2.26 bits per heavy atom. The highest BCUT2D eigenvalue weighted by molar-refractivity contribution is 5.77. The molecule has 0 aromatic heterocycles. The molecule has 1 fully saturated rings. The molecular formula is C15H26F3N3O2. The highest BCUT2D eigenvalue weighted by atomic mass is 19.4. The van der Waals surface area contributed by atoms with Crippen molar-refractivity contribution in [3.63, 3.8) is 0 Å². The van der Waals surface area contributed by atoms with Crippen molar-refractivity contribution in [1.82, 2.24) is 15.5 Å². The Balaban J connectivity index is 2.40. The Bertz CT molecular complexity index is 436. The number of likely N-dealkylation sites (tertiary alicyclic amines) is 1. The van der Waals surface area contributed by atoms with Gasteiger partial charge < -0.3 is 15.5 Å². The topological polar surface area (TPSA) is 61.4 Å². The monoisotopic (exact) mass is 337 g/mol. The van der Waals surface area contributed by atoms with Crippen LogP contribution in [0.5, 0.6) is 0 Å². The number of carbonyl (C=O) groups is 2. The zero-order chi connectivity index (χ0) is 17.8. The molecular weight excluding hydrogens is 311 g/mol. The summed E-state index contributed by atoms with van der Waals surface area (Å²) in [5.74, 6) is -1.68. The van der Waals surface area contributed by atoms with Crippen molar-refractivity contribution in [2.45, 2.75) is 52.3 Å². The van der Waals surface area contributed by atoms with Crippen LogP contribution in [0.4, 0.5) is 18.0 Å². The highest BCUT2D eigenvalue weighted by Gasteiger charge is 2.56. The summed E-state index contributed by atoms with van der Waals surface area (Å²) in [7, 11) is 0. The first-order valence-electron chi connectivity index (χ1n) is 7.87. The molecule has 1 atom stereocenters. The lowest BCUT2D eigenvalue weighted by Gasteiger charge is -2.36. The average molecular weight is 337 g/mol. The van der Waals surface area contributed by atoms with Crippen molar-refractivity contribution in [3.05, 3.63) is 0 Å². The first-order chi connectivity index (χ1) is 10.5. The van der Waals surface area contributed by atoms with E-state index >= 15 is 0 Å². The fraction of sp³-hybridized carbons (Fsp3) is 0.867. The molecule has 8 heteroatoms. The number of hydrogen-bond acceptors (Lipinski definition) is 2. The molecule has 2 N–H and O–H groups in total. The molecule has 0 bridgehead atoms. The van der Waals surface area contributed by atoms with Gasteiger partial charge in [0.2, 0.25) is 5.91 Å². The average Bonchev–Trinajstić information content (AvgIpc) is 2.72. The molecule has 0 spiro atoms. The van der Waals surface area contributed by atoms with E-state index in [1.807, 2.05) is 0 Å². The van der Waals surface area contributed by atoms with Crippen molar-refractivity contribution in [2.24, 2.45) is 11.8 Å². The van der Waals surface area contributed by atoms with Crippen LogP contribution in [0.2, 0.25) is 0 Å². The van der Waals surface area contributed by atoms with Gasteiger partial charge in [-0.3, -0.25) is 4.79 Å². The van der Waals surface area contributed by atoms with Crippen LogP contribution in [0.3, 0.4) is 0 Å². The number of amides is 3. The molecule has 5 nitrogen and oxygen atoms in total. The van der Waals surface area contributed by atoms with Crippen molar-refractivity contribution in [1.29, 1.82) is 0 Å².